The van der Waals surface area contributed by atoms with E-state index in [4.69, 9.17) is 4.74 Å². The maximum Gasteiger partial charge on any atom is 0.401 e. The summed E-state index contributed by atoms with van der Waals surface area (Å²) < 4.78 is 42.7. The molecule has 120 valence electrons. The quantitative estimate of drug-likeness (QED) is 0.891. The molecular formula is C15H17F3N2O2. The minimum atomic E-state index is -4.32. The minimum Gasteiger partial charge on any atom is -0.383 e. The van der Waals surface area contributed by atoms with E-state index < -0.39 is 12.7 Å². The summed E-state index contributed by atoms with van der Waals surface area (Å²) in [4.78, 5) is 15.9. The number of ether oxygens (including phenoxy) is 1. The highest BCUT2D eigenvalue weighted by Gasteiger charge is 2.30. The van der Waals surface area contributed by atoms with E-state index in [0.717, 1.165) is 10.3 Å². The van der Waals surface area contributed by atoms with Gasteiger partial charge in [0.25, 0.3) is 5.56 Å². The summed E-state index contributed by atoms with van der Waals surface area (Å²) in [5.41, 5.74) is 0.595. The minimum absolute atomic E-state index is 0.0803. The number of methoxy groups -OCH3 is 1. The molecule has 0 aliphatic rings. The zero-order chi connectivity index (χ0) is 16.2. The summed E-state index contributed by atoms with van der Waals surface area (Å²) >= 11 is 0. The molecule has 0 fully saturated rings. The Bertz CT molecular complexity index is 682. The highest BCUT2D eigenvalue weighted by atomic mass is 19.4. The summed E-state index contributed by atoms with van der Waals surface area (Å²) in [5, 5.41) is 0.788. The van der Waals surface area contributed by atoms with Gasteiger partial charge in [-0.15, -0.1) is 0 Å². The highest BCUT2D eigenvalue weighted by Crippen LogP contribution is 2.18. The molecular weight excluding hydrogens is 297 g/mol. The maximum atomic E-state index is 12.6. The summed E-state index contributed by atoms with van der Waals surface area (Å²) in [6.45, 7) is -0.893. The number of hydrogen-bond donors (Lipinski definition) is 1. The van der Waals surface area contributed by atoms with Crippen molar-refractivity contribution in [1.29, 1.82) is 0 Å². The second-order valence-electron chi connectivity index (χ2n) is 5.03. The molecule has 2 aromatic rings. The zero-order valence-electron chi connectivity index (χ0n) is 12.1. The monoisotopic (exact) mass is 314 g/mol. The van der Waals surface area contributed by atoms with Gasteiger partial charge in [-0.1, -0.05) is 18.2 Å². The largest absolute Gasteiger partial charge is 0.401 e. The number of rotatable bonds is 6. The van der Waals surface area contributed by atoms with Crippen molar-refractivity contribution in [3.8, 4) is 0 Å². The van der Waals surface area contributed by atoms with Crippen LogP contribution in [0.1, 0.15) is 5.56 Å². The van der Waals surface area contributed by atoms with Gasteiger partial charge in [0.2, 0.25) is 0 Å². The molecule has 0 spiro atoms. The molecule has 0 radical (unpaired) electrons. The van der Waals surface area contributed by atoms with Crippen LogP contribution < -0.4 is 5.56 Å². The van der Waals surface area contributed by atoms with Crippen molar-refractivity contribution >= 4 is 10.9 Å². The molecule has 0 aliphatic heterocycles. The molecule has 22 heavy (non-hydrogen) atoms. The molecule has 0 saturated heterocycles. The molecule has 1 N–H and O–H groups in total. The van der Waals surface area contributed by atoms with Gasteiger partial charge >= 0.3 is 6.18 Å². The van der Waals surface area contributed by atoms with Gasteiger partial charge in [-0.05, 0) is 17.5 Å². The van der Waals surface area contributed by atoms with Crippen molar-refractivity contribution < 1.29 is 17.9 Å². The van der Waals surface area contributed by atoms with Crippen LogP contribution in [0.4, 0.5) is 13.2 Å². The lowest BCUT2D eigenvalue weighted by atomic mass is 10.1. The first-order valence-electron chi connectivity index (χ1n) is 6.78. The van der Waals surface area contributed by atoms with E-state index in [9.17, 15) is 18.0 Å². The Balaban J connectivity index is 2.24. The van der Waals surface area contributed by atoms with Crippen LogP contribution in [0.25, 0.3) is 10.9 Å². The van der Waals surface area contributed by atoms with Crippen molar-refractivity contribution in [2.75, 3.05) is 26.8 Å². The third kappa shape index (κ3) is 4.57. The fraction of sp³-hybridized carbons (Fsp3) is 0.400. The van der Waals surface area contributed by atoms with E-state index in [2.05, 4.69) is 4.98 Å². The van der Waals surface area contributed by atoms with E-state index >= 15 is 0 Å². The van der Waals surface area contributed by atoms with E-state index in [1.54, 1.807) is 24.3 Å². The Labute approximate surface area is 125 Å². The molecule has 2 rings (SSSR count). The first kappa shape index (κ1) is 16.5. The molecule has 7 heteroatoms. The molecule has 0 amide bonds. The number of pyridine rings is 1. The Morgan fingerprint density at radius 3 is 2.68 bits per heavy atom. The van der Waals surface area contributed by atoms with Crippen molar-refractivity contribution in [2.24, 2.45) is 0 Å². The summed E-state index contributed by atoms with van der Waals surface area (Å²) in [6.07, 6.45) is -4.32. The van der Waals surface area contributed by atoms with Crippen molar-refractivity contribution in [3.63, 3.8) is 0 Å². The number of alkyl halides is 3. The lowest BCUT2D eigenvalue weighted by Crippen LogP contribution is -2.37. The smallest absolute Gasteiger partial charge is 0.383 e. The van der Waals surface area contributed by atoms with Crippen LogP contribution in [0.3, 0.4) is 0 Å². The molecule has 0 aliphatic carbocycles. The first-order chi connectivity index (χ1) is 10.4. The Kier molecular flexibility index (Phi) is 5.20. The van der Waals surface area contributed by atoms with Crippen molar-refractivity contribution in [2.45, 2.75) is 12.7 Å². The molecule has 0 atom stereocenters. The maximum absolute atomic E-state index is 12.6. The fourth-order valence-corrected chi connectivity index (χ4v) is 2.24. The number of aromatic amines is 1. The predicted octanol–water partition coefficient (Wildman–Crippen LogP) is 2.54. The van der Waals surface area contributed by atoms with Crippen LogP contribution in [0, 0.1) is 0 Å². The number of fused-ring (bicyclic) bond motifs is 1. The van der Waals surface area contributed by atoms with Crippen molar-refractivity contribution in [1.82, 2.24) is 9.88 Å². The van der Waals surface area contributed by atoms with E-state index in [0.29, 0.717) is 11.1 Å². The average molecular weight is 314 g/mol. The van der Waals surface area contributed by atoms with Gasteiger partial charge in [0.1, 0.15) is 0 Å². The number of nitrogens with one attached hydrogen (secondary N) is 1. The molecule has 4 nitrogen and oxygen atoms in total. The molecule has 0 unspecified atom stereocenters. The number of halogens is 3. The molecule has 0 saturated carbocycles. The fourth-order valence-electron chi connectivity index (χ4n) is 2.24. The normalized spacial score (nSPS) is 12.2. The molecule has 1 heterocycles. The number of hydrogen-bond acceptors (Lipinski definition) is 3. The van der Waals surface area contributed by atoms with Gasteiger partial charge in [-0.25, -0.2) is 0 Å². The zero-order valence-corrected chi connectivity index (χ0v) is 12.1. The van der Waals surface area contributed by atoms with Crippen LogP contribution >= 0.6 is 0 Å². The second kappa shape index (κ2) is 6.93. The van der Waals surface area contributed by atoms with Crippen LogP contribution in [0.2, 0.25) is 0 Å². The van der Waals surface area contributed by atoms with Gasteiger partial charge < -0.3 is 9.72 Å². The number of para-hydroxylation sites is 1. The molecule has 1 aromatic carbocycles. The third-order valence-electron chi connectivity index (χ3n) is 3.24. The van der Waals surface area contributed by atoms with Gasteiger partial charge in [-0.3, -0.25) is 9.69 Å². The van der Waals surface area contributed by atoms with Crippen LogP contribution in [-0.4, -0.2) is 42.9 Å². The SMILES string of the molecule is COCCN(Cc1cc2ccccc2[nH]c1=O)CC(F)(F)F. The first-order valence-corrected chi connectivity index (χ1v) is 6.78. The summed E-state index contributed by atoms with van der Waals surface area (Å²) in [5.74, 6) is 0. The van der Waals surface area contributed by atoms with Crippen LogP contribution in [0.15, 0.2) is 35.1 Å². The van der Waals surface area contributed by atoms with Gasteiger partial charge in [0.15, 0.2) is 0 Å². The Hall–Kier alpha value is -1.86. The van der Waals surface area contributed by atoms with Crippen LogP contribution in [0.5, 0.6) is 0 Å². The Morgan fingerprint density at radius 1 is 1.27 bits per heavy atom. The van der Waals surface area contributed by atoms with E-state index in [-0.39, 0.29) is 25.3 Å². The summed E-state index contributed by atoms with van der Waals surface area (Å²) in [6, 6.07) is 8.77. The third-order valence-corrected chi connectivity index (χ3v) is 3.24. The van der Waals surface area contributed by atoms with Gasteiger partial charge in [-0.2, -0.15) is 13.2 Å². The lowest BCUT2D eigenvalue weighted by molar-refractivity contribution is -0.148. The number of H-pyrrole nitrogens is 1. The second-order valence-corrected chi connectivity index (χ2v) is 5.03. The highest BCUT2D eigenvalue weighted by molar-refractivity contribution is 5.78. The van der Waals surface area contributed by atoms with E-state index in [1.165, 1.54) is 7.11 Å². The van der Waals surface area contributed by atoms with E-state index in [1.807, 2.05) is 6.07 Å². The Morgan fingerprint density at radius 2 is 2.00 bits per heavy atom. The van der Waals surface area contributed by atoms with Gasteiger partial charge in [0, 0.05) is 31.3 Å². The summed E-state index contributed by atoms with van der Waals surface area (Å²) in [7, 11) is 1.43. The molecule has 0 bridgehead atoms. The lowest BCUT2D eigenvalue weighted by Gasteiger charge is -2.23. The van der Waals surface area contributed by atoms with Crippen LogP contribution in [-0.2, 0) is 11.3 Å². The van der Waals surface area contributed by atoms with Crippen molar-refractivity contribution in [3.05, 3.63) is 46.2 Å². The number of aromatic nitrogens is 1. The predicted molar refractivity (Wildman–Crippen MR) is 77.8 cm³/mol. The number of benzene rings is 1. The molecule has 1 aromatic heterocycles. The standard InChI is InChI=1S/C15H17F3N2O2/c1-22-7-6-20(10-15(16,17)18)9-12-8-11-4-2-3-5-13(11)19-14(12)21/h2-5,8H,6-7,9-10H2,1H3,(H,19,21). The number of nitrogens with zero attached hydrogens (tertiary/aromatic N) is 1. The van der Waals surface area contributed by atoms with Gasteiger partial charge in [0.05, 0.1) is 13.2 Å². The average Bonchev–Trinajstić information content (AvgIpc) is 2.44. The topological polar surface area (TPSA) is 45.3 Å².